The van der Waals surface area contributed by atoms with Crippen LogP contribution in [0.1, 0.15) is 22.3 Å². The molecule has 0 spiro atoms. The lowest BCUT2D eigenvalue weighted by Crippen LogP contribution is -2.54. The molecule has 0 unspecified atom stereocenters. The minimum Gasteiger partial charge on any atom is -0.486 e. The van der Waals surface area contributed by atoms with Gasteiger partial charge in [-0.2, -0.15) is 0 Å². The molecule has 4 amide bonds. The van der Waals surface area contributed by atoms with E-state index in [9.17, 15) is 18.8 Å². The van der Waals surface area contributed by atoms with Gasteiger partial charge in [0.15, 0.2) is 5.75 Å². The Morgan fingerprint density at radius 1 is 1.03 bits per heavy atom. The highest BCUT2D eigenvalue weighted by Crippen LogP contribution is 2.36. The Kier molecular flexibility index (Phi) is 7.05. The number of amides is 4. The van der Waals surface area contributed by atoms with Crippen LogP contribution in [0.5, 0.6) is 5.75 Å². The molecule has 6 nitrogen and oxygen atoms in total. The van der Waals surface area contributed by atoms with E-state index in [1.165, 1.54) is 24.3 Å². The second-order valence-electron chi connectivity index (χ2n) is 8.03. The molecule has 3 aromatic carbocycles. The van der Waals surface area contributed by atoms with E-state index in [2.05, 4.69) is 21.2 Å². The molecule has 1 saturated heterocycles. The average Bonchev–Trinajstić information content (AvgIpc) is 2.76. The van der Waals surface area contributed by atoms with Crippen LogP contribution in [0.25, 0.3) is 6.08 Å². The summed E-state index contributed by atoms with van der Waals surface area (Å²) in [5.74, 6) is -1.54. The van der Waals surface area contributed by atoms with E-state index >= 15 is 0 Å². The van der Waals surface area contributed by atoms with Crippen molar-refractivity contribution in [3.63, 3.8) is 0 Å². The van der Waals surface area contributed by atoms with Crippen molar-refractivity contribution >= 4 is 57.1 Å². The largest absolute Gasteiger partial charge is 0.486 e. The lowest BCUT2D eigenvalue weighted by molar-refractivity contribution is -0.122. The summed E-state index contributed by atoms with van der Waals surface area (Å²) in [6.45, 7) is 3.86. The van der Waals surface area contributed by atoms with Gasteiger partial charge in [0.1, 0.15) is 18.0 Å². The summed E-state index contributed by atoms with van der Waals surface area (Å²) < 4.78 is 19.4. The summed E-state index contributed by atoms with van der Waals surface area (Å²) >= 11 is 9.81. The number of ether oxygens (including phenoxy) is 1. The number of rotatable bonds is 5. The fourth-order valence-corrected chi connectivity index (χ4v) is 4.66. The fourth-order valence-electron chi connectivity index (χ4n) is 3.68. The Bertz CT molecular complexity index is 1350. The van der Waals surface area contributed by atoms with Crippen LogP contribution >= 0.6 is 27.5 Å². The van der Waals surface area contributed by atoms with Gasteiger partial charge in [-0.25, -0.2) is 14.1 Å². The first-order valence-corrected chi connectivity index (χ1v) is 11.7. The van der Waals surface area contributed by atoms with Crippen LogP contribution in [0.15, 0.2) is 64.6 Å². The number of carbonyl (C=O) groups excluding carboxylic acids is 3. The molecular weight excluding hydrogens is 539 g/mol. The summed E-state index contributed by atoms with van der Waals surface area (Å²) in [5.41, 5.74) is 3.09. The van der Waals surface area contributed by atoms with Crippen LogP contribution < -0.4 is 15.0 Å². The van der Waals surface area contributed by atoms with E-state index in [0.29, 0.717) is 21.5 Å². The number of halogens is 3. The second-order valence-corrected chi connectivity index (χ2v) is 9.29. The third-order valence-electron chi connectivity index (χ3n) is 5.19. The van der Waals surface area contributed by atoms with Gasteiger partial charge in [-0.3, -0.25) is 14.9 Å². The second kappa shape index (κ2) is 10.0. The minimum atomic E-state index is -0.814. The first-order chi connectivity index (χ1) is 16.6. The smallest absolute Gasteiger partial charge is 0.335 e. The van der Waals surface area contributed by atoms with Crippen LogP contribution in [-0.2, 0) is 16.2 Å². The monoisotopic (exact) mass is 556 g/mol. The van der Waals surface area contributed by atoms with Crippen molar-refractivity contribution in [2.75, 3.05) is 4.90 Å². The molecule has 0 aromatic heterocycles. The standard InChI is InChI=1S/C26H19BrClFN2O4/c1-14-7-15(2)9-19(8-14)31-25(33)20(24(32)30-26(31)34)10-17-11-21(27)23(22(28)12-17)35-13-16-3-5-18(29)6-4-16/h3-12H,13H2,1-2H3,(H,30,32,34)/b20-10+. The van der Waals surface area contributed by atoms with Crippen molar-refractivity contribution in [1.82, 2.24) is 5.32 Å². The Morgan fingerprint density at radius 2 is 1.69 bits per heavy atom. The van der Waals surface area contributed by atoms with Crippen LogP contribution in [0.3, 0.4) is 0 Å². The molecule has 1 fully saturated rings. The molecule has 1 aliphatic heterocycles. The Hall–Kier alpha value is -3.49. The number of carbonyl (C=O) groups is 3. The van der Waals surface area contributed by atoms with Crippen LogP contribution in [0.2, 0.25) is 5.02 Å². The first kappa shape index (κ1) is 24.6. The molecule has 1 heterocycles. The first-order valence-electron chi connectivity index (χ1n) is 10.5. The molecule has 35 heavy (non-hydrogen) atoms. The van der Waals surface area contributed by atoms with Crippen LogP contribution in [-0.4, -0.2) is 17.8 Å². The molecule has 0 bridgehead atoms. The van der Waals surface area contributed by atoms with E-state index in [1.807, 2.05) is 19.9 Å². The summed E-state index contributed by atoms with van der Waals surface area (Å²) in [4.78, 5) is 39.1. The van der Waals surface area contributed by atoms with E-state index < -0.39 is 17.8 Å². The SMILES string of the molecule is Cc1cc(C)cc(N2C(=O)NC(=O)/C(=C\c3cc(Cl)c(OCc4ccc(F)cc4)c(Br)c3)C2=O)c1. The number of imide groups is 2. The fraction of sp³-hybridized carbons (Fsp3) is 0.115. The Labute approximate surface area is 214 Å². The maximum absolute atomic E-state index is 13.2. The molecule has 178 valence electrons. The quantitative estimate of drug-likeness (QED) is 0.304. The van der Waals surface area contributed by atoms with Gasteiger partial charge in [0.25, 0.3) is 11.8 Å². The number of benzene rings is 3. The predicted octanol–water partition coefficient (Wildman–Crippen LogP) is 6.10. The number of nitrogens with zero attached hydrogens (tertiary/aromatic N) is 1. The maximum atomic E-state index is 13.2. The molecule has 0 aliphatic carbocycles. The van der Waals surface area contributed by atoms with E-state index in [1.54, 1.807) is 30.3 Å². The van der Waals surface area contributed by atoms with Crippen molar-refractivity contribution in [3.8, 4) is 5.75 Å². The third kappa shape index (κ3) is 5.44. The highest BCUT2D eigenvalue weighted by Gasteiger charge is 2.37. The number of aryl methyl sites for hydroxylation is 2. The lowest BCUT2D eigenvalue weighted by atomic mass is 10.1. The predicted molar refractivity (Wildman–Crippen MR) is 135 cm³/mol. The van der Waals surface area contributed by atoms with Gasteiger partial charge in [0, 0.05) is 0 Å². The topological polar surface area (TPSA) is 75.7 Å². The van der Waals surface area contributed by atoms with Gasteiger partial charge in [-0.15, -0.1) is 0 Å². The molecule has 9 heteroatoms. The van der Waals surface area contributed by atoms with Crippen molar-refractivity contribution in [1.29, 1.82) is 0 Å². The van der Waals surface area contributed by atoms with Crippen molar-refractivity contribution in [2.24, 2.45) is 0 Å². The van der Waals surface area contributed by atoms with Gasteiger partial charge < -0.3 is 4.74 Å². The molecule has 3 aromatic rings. The van der Waals surface area contributed by atoms with E-state index in [-0.39, 0.29) is 23.0 Å². The molecule has 0 saturated carbocycles. The number of barbiturate groups is 1. The zero-order valence-electron chi connectivity index (χ0n) is 18.7. The van der Waals surface area contributed by atoms with Crippen LogP contribution in [0.4, 0.5) is 14.9 Å². The van der Waals surface area contributed by atoms with Gasteiger partial charge in [-0.1, -0.05) is 29.8 Å². The number of nitrogens with one attached hydrogen (secondary N) is 1. The Balaban J connectivity index is 1.62. The zero-order chi connectivity index (χ0) is 25.3. The summed E-state index contributed by atoms with van der Waals surface area (Å²) in [6.07, 6.45) is 1.36. The van der Waals surface area contributed by atoms with E-state index in [4.69, 9.17) is 16.3 Å². The molecule has 1 N–H and O–H groups in total. The highest BCUT2D eigenvalue weighted by molar-refractivity contribution is 9.10. The zero-order valence-corrected chi connectivity index (χ0v) is 21.0. The number of anilines is 1. The minimum absolute atomic E-state index is 0.160. The lowest BCUT2D eigenvalue weighted by Gasteiger charge is -2.27. The van der Waals surface area contributed by atoms with Crippen molar-refractivity contribution in [2.45, 2.75) is 20.5 Å². The van der Waals surface area contributed by atoms with Gasteiger partial charge in [0.2, 0.25) is 0 Å². The maximum Gasteiger partial charge on any atom is 0.335 e. The van der Waals surface area contributed by atoms with Gasteiger partial charge in [0.05, 0.1) is 15.2 Å². The third-order valence-corrected chi connectivity index (χ3v) is 6.06. The Morgan fingerprint density at radius 3 is 2.31 bits per heavy atom. The highest BCUT2D eigenvalue weighted by atomic mass is 79.9. The van der Waals surface area contributed by atoms with E-state index in [0.717, 1.165) is 21.6 Å². The average molecular weight is 558 g/mol. The summed E-state index contributed by atoms with van der Waals surface area (Å²) in [5, 5.41) is 2.45. The number of hydrogen-bond acceptors (Lipinski definition) is 4. The molecule has 0 atom stereocenters. The van der Waals surface area contributed by atoms with Gasteiger partial charge >= 0.3 is 6.03 Å². The molecule has 1 aliphatic rings. The molecule has 4 rings (SSSR count). The summed E-state index contributed by atoms with van der Waals surface area (Å²) in [7, 11) is 0. The summed E-state index contributed by atoms with van der Waals surface area (Å²) in [6, 6.07) is 13.5. The number of hydrogen-bond donors (Lipinski definition) is 1. The van der Waals surface area contributed by atoms with Crippen molar-refractivity contribution in [3.05, 3.63) is 97.7 Å². The molecular formula is C26H19BrClFN2O4. The van der Waals surface area contributed by atoms with Crippen molar-refractivity contribution < 1.29 is 23.5 Å². The molecule has 0 radical (unpaired) electrons. The van der Waals surface area contributed by atoms with Gasteiger partial charge in [-0.05, 0) is 94.5 Å². The number of urea groups is 1. The van der Waals surface area contributed by atoms with Crippen LogP contribution in [0, 0.1) is 19.7 Å². The normalized spacial score (nSPS) is 14.9.